The van der Waals surface area contributed by atoms with Crippen LogP contribution < -0.4 is 10.6 Å². The minimum atomic E-state index is -0.709. The maximum atomic E-state index is 11.6. The molecule has 1 aromatic heterocycles. The van der Waals surface area contributed by atoms with Gasteiger partial charge in [-0.3, -0.25) is 4.98 Å². The van der Waals surface area contributed by atoms with Gasteiger partial charge in [0.1, 0.15) is 0 Å². The number of carbonyl (C=O) groups is 1. The molecule has 0 aromatic carbocycles. The summed E-state index contributed by atoms with van der Waals surface area (Å²) >= 11 is 0. The summed E-state index contributed by atoms with van der Waals surface area (Å²) in [6, 6.07) is 5.44. The van der Waals surface area contributed by atoms with Gasteiger partial charge >= 0.3 is 6.03 Å². The van der Waals surface area contributed by atoms with Crippen molar-refractivity contribution in [1.29, 1.82) is 0 Å². The van der Waals surface area contributed by atoms with Gasteiger partial charge in [0.05, 0.1) is 17.8 Å². The maximum absolute atomic E-state index is 11.6. The molecule has 0 radical (unpaired) electrons. The molecule has 104 valence electrons. The third-order valence-electron chi connectivity index (χ3n) is 3.49. The molecule has 2 rings (SSSR count). The molecule has 5 nitrogen and oxygen atoms in total. The summed E-state index contributed by atoms with van der Waals surface area (Å²) < 4.78 is 0. The lowest BCUT2D eigenvalue weighted by Gasteiger charge is -2.22. The van der Waals surface area contributed by atoms with Gasteiger partial charge in [-0.05, 0) is 31.9 Å². The van der Waals surface area contributed by atoms with Crippen LogP contribution in [0.4, 0.5) is 4.79 Å². The van der Waals surface area contributed by atoms with E-state index in [-0.39, 0.29) is 6.03 Å². The van der Waals surface area contributed by atoms with Crippen molar-refractivity contribution >= 4 is 6.03 Å². The van der Waals surface area contributed by atoms with E-state index in [9.17, 15) is 9.90 Å². The van der Waals surface area contributed by atoms with Crippen LogP contribution in [0.2, 0.25) is 0 Å². The number of nitrogens with one attached hydrogen (secondary N) is 2. The van der Waals surface area contributed by atoms with Gasteiger partial charge in [-0.25, -0.2) is 4.79 Å². The van der Waals surface area contributed by atoms with E-state index in [0.717, 1.165) is 37.1 Å². The fraction of sp³-hybridized carbons (Fsp3) is 0.571. The Bertz CT molecular complexity index is 442. The molecule has 3 N–H and O–H groups in total. The van der Waals surface area contributed by atoms with Gasteiger partial charge in [0, 0.05) is 12.2 Å². The second-order valence-corrected chi connectivity index (χ2v) is 5.24. The van der Waals surface area contributed by atoms with Gasteiger partial charge in [-0.1, -0.05) is 18.9 Å². The second kappa shape index (κ2) is 6.02. The smallest absolute Gasteiger partial charge is 0.315 e. The van der Waals surface area contributed by atoms with Crippen molar-refractivity contribution < 1.29 is 9.90 Å². The van der Waals surface area contributed by atoms with Crippen LogP contribution in [-0.4, -0.2) is 28.3 Å². The maximum Gasteiger partial charge on any atom is 0.315 e. The highest BCUT2D eigenvalue weighted by molar-refractivity contribution is 5.73. The predicted molar refractivity (Wildman–Crippen MR) is 72.6 cm³/mol. The molecule has 0 spiro atoms. The van der Waals surface area contributed by atoms with Crippen LogP contribution in [0, 0.1) is 6.92 Å². The fourth-order valence-electron chi connectivity index (χ4n) is 2.39. The van der Waals surface area contributed by atoms with Crippen LogP contribution in [0.1, 0.15) is 37.1 Å². The van der Waals surface area contributed by atoms with Gasteiger partial charge in [0.15, 0.2) is 0 Å². The predicted octanol–water partition coefficient (Wildman–Crippen LogP) is 1.49. The molecule has 1 aromatic rings. The summed E-state index contributed by atoms with van der Waals surface area (Å²) in [5.41, 5.74) is 1.05. The molecule has 1 saturated carbocycles. The van der Waals surface area contributed by atoms with E-state index in [2.05, 4.69) is 15.6 Å². The summed E-state index contributed by atoms with van der Waals surface area (Å²) in [4.78, 5) is 15.9. The Kier molecular flexibility index (Phi) is 4.37. The van der Waals surface area contributed by atoms with Gasteiger partial charge in [-0.15, -0.1) is 0 Å². The van der Waals surface area contributed by atoms with E-state index in [1.165, 1.54) is 0 Å². The normalized spacial score (nSPS) is 17.2. The Morgan fingerprint density at radius 3 is 2.79 bits per heavy atom. The Morgan fingerprint density at radius 1 is 1.37 bits per heavy atom. The van der Waals surface area contributed by atoms with Gasteiger partial charge in [0.25, 0.3) is 0 Å². The molecule has 1 aliphatic carbocycles. The van der Waals surface area contributed by atoms with E-state index in [1.807, 2.05) is 25.1 Å². The van der Waals surface area contributed by atoms with E-state index >= 15 is 0 Å². The van der Waals surface area contributed by atoms with E-state index in [0.29, 0.717) is 13.1 Å². The SMILES string of the molecule is Cc1cccc(CNC(=O)NCC2(O)CCCC2)n1. The number of amides is 2. The molecule has 0 saturated heterocycles. The zero-order valence-electron chi connectivity index (χ0n) is 11.3. The van der Waals surface area contributed by atoms with Gasteiger partial charge < -0.3 is 15.7 Å². The number of hydrogen-bond acceptors (Lipinski definition) is 3. The lowest BCUT2D eigenvalue weighted by Crippen LogP contribution is -2.44. The van der Waals surface area contributed by atoms with E-state index < -0.39 is 5.60 Å². The highest BCUT2D eigenvalue weighted by atomic mass is 16.3. The minimum absolute atomic E-state index is 0.261. The van der Waals surface area contributed by atoms with Crippen molar-refractivity contribution in [2.45, 2.75) is 44.8 Å². The standard InChI is InChI=1S/C14H21N3O2/c1-11-5-4-6-12(17-11)9-15-13(18)16-10-14(19)7-2-3-8-14/h4-6,19H,2-3,7-10H2,1H3,(H2,15,16,18). The Morgan fingerprint density at radius 2 is 2.11 bits per heavy atom. The van der Waals surface area contributed by atoms with Crippen LogP contribution >= 0.6 is 0 Å². The van der Waals surface area contributed by atoms with Crippen LogP contribution in [0.25, 0.3) is 0 Å². The highest BCUT2D eigenvalue weighted by Crippen LogP contribution is 2.28. The summed E-state index contributed by atoms with van der Waals surface area (Å²) in [7, 11) is 0. The number of aromatic nitrogens is 1. The summed E-state index contributed by atoms with van der Waals surface area (Å²) in [6.45, 7) is 2.63. The highest BCUT2D eigenvalue weighted by Gasteiger charge is 2.31. The van der Waals surface area contributed by atoms with Gasteiger partial charge in [0.2, 0.25) is 0 Å². The molecular weight excluding hydrogens is 242 g/mol. The number of aliphatic hydroxyl groups is 1. The first-order chi connectivity index (χ1) is 9.07. The summed E-state index contributed by atoms with van der Waals surface area (Å²) in [5, 5.41) is 15.6. The van der Waals surface area contributed by atoms with Crippen LogP contribution in [0.5, 0.6) is 0 Å². The summed E-state index contributed by atoms with van der Waals surface area (Å²) in [5.74, 6) is 0. The third kappa shape index (κ3) is 4.21. The Balaban J connectivity index is 1.73. The molecule has 0 bridgehead atoms. The second-order valence-electron chi connectivity index (χ2n) is 5.24. The number of nitrogens with zero attached hydrogens (tertiary/aromatic N) is 1. The van der Waals surface area contributed by atoms with Crippen LogP contribution in [0.15, 0.2) is 18.2 Å². The Hall–Kier alpha value is -1.62. The number of pyridine rings is 1. The quantitative estimate of drug-likeness (QED) is 0.770. The first-order valence-electron chi connectivity index (χ1n) is 6.74. The van der Waals surface area contributed by atoms with Crippen LogP contribution in [0.3, 0.4) is 0 Å². The van der Waals surface area contributed by atoms with Crippen molar-refractivity contribution in [3.8, 4) is 0 Å². The lowest BCUT2D eigenvalue weighted by molar-refractivity contribution is 0.0501. The minimum Gasteiger partial charge on any atom is -0.388 e. The van der Waals surface area contributed by atoms with Crippen molar-refractivity contribution in [3.05, 3.63) is 29.6 Å². The number of urea groups is 1. The number of carbonyl (C=O) groups excluding carboxylic acids is 1. The molecular formula is C14H21N3O2. The molecule has 1 fully saturated rings. The van der Waals surface area contributed by atoms with E-state index in [4.69, 9.17) is 0 Å². The molecule has 1 aliphatic rings. The largest absolute Gasteiger partial charge is 0.388 e. The molecule has 0 atom stereocenters. The number of aryl methyl sites for hydroxylation is 1. The topological polar surface area (TPSA) is 74.2 Å². The third-order valence-corrected chi connectivity index (χ3v) is 3.49. The molecule has 5 heteroatoms. The summed E-state index contributed by atoms with van der Waals surface area (Å²) in [6.07, 6.45) is 3.61. The Labute approximate surface area is 113 Å². The van der Waals surface area contributed by atoms with Crippen LogP contribution in [-0.2, 0) is 6.54 Å². The van der Waals surface area contributed by atoms with Crippen molar-refractivity contribution in [3.63, 3.8) is 0 Å². The van der Waals surface area contributed by atoms with E-state index in [1.54, 1.807) is 0 Å². The monoisotopic (exact) mass is 263 g/mol. The fourth-order valence-corrected chi connectivity index (χ4v) is 2.39. The number of rotatable bonds is 4. The zero-order valence-corrected chi connectivity index (χ0v) is 11.3. The lowest BCUT2D eigenvalue weighted by atomic mass is 10.0. The molecule has 0 unspecified atom stereocenters. The van der Waals surface area contributed by atoms with Crippen molar-refractivity contribution in [1.82, 2.24) is 15.6 Å². The van der Waals surface area contributed by atoms with Crippen molar-refractivity contribution in [2.75, 3.05) is 6.54 Å². The first-order valence-corrected chi connectivity index (χ1v) is 6.74. The first kappa shape index (κ1) is 13.8. The molecule has 0 aliphatic heterocycles. The molecule has 19 heavy (non-hydrogen) atoms. The number of hydrogen-bond donors (Lipinski definition) is 3. The molecule has 1 heterocycles. The van der Waals surface area contributed by atoms with Crippen molar-refractivity contribution in [2.24, 2.45) is 0 Å². The van der Waals surface area contributed by atoms with Gasteiger partial charge in [-0.2, -0.15) is 0 Å². The zero-order chi connectivity index (χ0) is 13.7. The average molecular weight is 263 g/mol. The average Bonchev–Trinajstić information content (AvgIpc) is 2.82. The molecule has 2 amide bonds.